The zero-order valence-electron chi connectivity index (χ0n) is 53.6. The molecule has 100 heavy (non-hydrogen) atoms. The normalized spacial score (nSPS) is 11.6. The zero-order valence-corrected chi connectivity index (χ0v) is 53.6. The highest BCUT2D eigenvalue weighted by Crippen LogP contribution is 2.39. The van der Waals surface area contributed by atoms with Crippen LogP contribution in [0.4, 0.5) is 0 Å². The number of hydrogen-bond donors (Lipinski definition) is 0. The standard InChI is InChI=1S/2C45H27N5/c1-4-35-27-46-23-20-36(35)37(6-1)41-19-17-31-13-15-33(26-43(31)50-41)32-14-12-30-16-18-40(49-42(30)25-32)29-10-8-28(9-11-29)39-24-34-5-2-21-47-44(34)45-38(39)7-3-22-48-45;1-3-35-27-46-23-20-37(35)38(5-1)41-19-16-31-11-13-34(26-43(31)50-41)33-12-10-30-15-18-40(49-42(30)25-33)29-8-6-28(7-9-29)36-21-24-48-45-39(36)17-14-32-4-2-22-47-44(32)45/h2*1-27H. The summed E-state index contributed by atoms with van der Waals surface area (Å²) in [6.07, 6.45) is 14.8. The maximum absolute atomic E-state index is 5.13. The van der Waals surface area contributed by atoms with E-state index in [1.54, 1.807) is 0 Å². The van der Waals surface area contributed by atoms with Crippen molar-refractivity contribution in [3.05, 3.63) is 329 Å². The molecule has 0 aliphatic rings. The fourth-order valence-corrected chi connectivity index (χ4v) is 14.2. The molecular formula is C90H54N10. The highest BCUT2D eigenvalue weighted by atomic mass is 14.8. The molecule has 10 nitrogen and oxygen atoms in total. The molecular weight excluding hydrogens is 1220 g/mol. The van der Waals surface area contributed by atoms with Crippen LogP contribution in [-0.2, 0) is 0 Å². The molecule has 0 spiro atoms. The van der Waals surface area contributed by atoms with E-state index in [2.05, 4.69) is 291 Å². The van der Waals surface area contributed by atoms with Crippen LogP contribution in [0.3, 0.4) is 0 Å². The molecule has 0 aliphatic heterocycles. The molecule has 0 bridgehead atoms. The molecule has 0 atom stereocenters. The largest absolute Gasteiger partial charge is 0.264 e. The van der Waals surface area contributed by atoms with E-state index in [0.29, 0.717) is 0 Å². The van der Waals surface area contributed by atoms with E-state index in [-0.39, 0.29) is 0 Å². The summed E-state index contributed by atoms with van der Waals surface area (Å²) in [5.74, 6) is 0. The van der Waals surface area contributed by atoms with Crippen LogP contribution in [0.1, 0.15) is 0 Å². The summed E-state index contributed by atoms with van der Waals surface area (Å²) < 4.78 is 0. The van der Waals surface area contributed by atoms with E-state index >= 15 is 0 Å². The van der Waals surface area contributed by atoms with Crippen LogP contribution in [0, 0.1) is 0 Å². The molecule has 0 saturated heterocycles. The summed E-state index contributed by atoms with van der Waals surface area (Å²) in [5, 5.41) is 13.3. The van der Waals surface area contributed by atoms with Gasteiger partial charge in [-0.05, 0) is 146 Å². The molecule has 464 valence electrons. The Morgan fingerprint density at radius 3 is 1.06 bits per heavy atom. The fourth-order valence-electron chi connectivity index (χ4n) is 14.2. The Bertz CT molecular complexity index is 6640. The molecule has 0 unspecified atom stereocenters. The van der Waals surface area contributed by atoms with Crippen molar-refractivity contribution in [3.8, 4) is 89.5 Å². The van der Waals surface area contributed by atoms with Crippen LogP contribution >= 0.6 is 0 Å². The van der Waals surface area contributed by atoms with Crippen molar-refractivity contribution in [2.24, 2.45) is 0 Å². The predicted molar refractivity (Wildman–Crippen MR) is 409 cm³/mol. The van der Waals surface area contributed by atoms with Crippen molar-refractivity contribution in [3.63, 3.8) is 0 Å². The van der Waals surface area contributed by atoms with E-state index in [0.717, 1.165) is 198 Å². The lowest BCUT2D eigenvalue weighted by atomic mass is 9.96. The third-order valence-electron chi connectivity index (χ3n) is 19.3. The summed E-state index contributed by atoms with van der Waals surface area (Å²) in [6, 6.07) is 97.7. The van der Waals surface area contributed by atoms with Crippen molar-refractivity contribution in [2.45, 2.75) is 0 Å². The molecule has 0 fully saturated rings. The van der Waals surface area contributed by atoms with Gasteiger partial charge in [-0.3, -0.25) is 29.9 Å². The van der Waals surface area contributed by atoms with E-state index in [1.165, 1.54) is 0 Å². The maximum Gasteiger partial charge on any atom is 0.0970 e. The van der Waals surface area contributed by atoms with Gasteiger partial charge in [-0.25, -0.2) is 19.9 Å². The first-order valence-electron chi connectivity index (χ1n) is 33.3. The van der Waals surface area contributed by atoms with Crippen LogP contribution in [0.15, 0.2) is 329 Å². The van der Waals surface area contributed by atoms with E-state index in [9.17, 15) is 0 Å². The van der Waals surface area contributed by atoms with E-state index < -0.39 is 0 Å². The average Bonchev–Trinajstić information content (AvgIpc) is 0.785. The first-order chi connectivity index (χ1) is 49.5. The maximum atomic E-state index is 5.13. The Kier molecular flexibility index (Phi) is 14.0. The van der Waals surface area contributed by atoms with Gasteiger partial charge in [0.1, 0.15) is 0 Å². The summed E-state index contributed by atoms with van der Waals surface area (Å²) in [7, 11) is 0. The van der Waals surface area contributed by atoms with Crippen molar-refractivity contribution in [1.29, 1.82) is 0 Å². The van der Waals surface area contributed by atoms with Gasteiger partial charge >= 0.3 is 0 Å². The minimum atomic E-state index is 0.918. The third-order valence-corrected chi connectivity index (χ3v) is 19.3. The zero-order chi connectivity index (χ0) is 66.0. The van der Waals surface area contributed by atoms with Gasteiger partial charge < -0.3 is 0 Å². The van der Waals surface area contributed by atoms with Crippen molar-refractivity contribution in [1.82, 2.24) is 49.8 Å². The Labute approximate surface area is 573 Å². The topological polar surface area (TPSA) is 129 Å². The number of benzene rings is 10. The molecule has 10 aromatic carbocycles. The minimum Gasteiger partial charge on any atom is -0.264 e. The van der Waals surface area contributed by atoms with Crippen LogP contribution in [0.25, 0.3) is 198 Å². The van der Waals surface area contributed by atoms with E-state index in [4.69, 9.17) is 19.9 Å². The summed E-state index contributed by atoms with van der Waals surface area (Å²) >= 11 is 0. The lowest BCUT2D eigenvalue weighted by Gasteiger charge is -2.11. The highest BCUT2D eigenvalue weighted by molar-refractivity contribution is 6.11. The molecule has 10 heterocycles. The molecule has 0 radical (unpaired) electrons. The fraction of sp³-hybridized carbons (Fsp3) is 0. The molecule has 10 heteroatoms. The predicted octanol–water partition coefficient (Wildman–Crippen LogP) is 22.2. The highest BCUT2D eigenvalue weighted by Gasteiger charge is 2.16. The quantitative estimate of drug-likeness (QED) is 0.136. The second-order valence-corrected chi connectivity index (χ2v) is 25.2. The van der Waals surface area contributed by atoms with Crippen LogP contribution < -0.4 is 0 Å². The summed E-state index contributed by atoms with van der Waals surface area (Å²) in [5.41, 5.74) is 24.6. The number of rotatable bonds is 8. The Morgan fingerprint density at radius 1 is 0.180 bits per heavy atom. The number of nitrogens with zero attached hydrogens (tertiary/aromatic N) is 10. The van der Waals surface area contributed by atoms with Crippen molar-refractivity contribution >= 4 is 109 Å². The Hall–Kier alpha value is -13.7. The minimum absolute atomic E-state index is 0.918. The van der Waals surface area contributed by atoms with Gasteiger partial charge in [-0.15, -0.1) is 0 Å². The van der Waals surface area contributed by atoms with Crippen molar-refractivity contribution in [2.75, 3.05) is 0 Å². The summed E-state index contributed by atoms with van der Waals surface area (Å²) in [4.78, 5) is 47.6. The van der Waals surface area contributed by atoms with Gasteiger partial charge in [0, 0.05) is 126 Å². The van der Waals surface area contributed by atoms with Gasteiger partial charge in [0.05, 0.1) is 66.9 Å². The van der Waals surface area contributed by atoms with Gasteiger partial charge in [0.2, 0.25) is 0 Å². The Balaban J connectivity index is 0.000000139. The van der Waals surface area contributed by atoms with Crippen LogP contribution in [-0.4, -0.2) is 49.8 Å². The Morgan fingerprint density at radius 2 is 0.550 bits per heavy atom. The third kappa shape index (κ3) is 10.5. The molecule has 20 rings (SSSR count). The van der Waals surface area contributed by atoms with Gasteiger partial charge in [0.25, 0.3) is 0 Å². The van der Waals surface area contributed by atoms with Crippen LogP contribution in [0.2, 0.25) is 0 Å². The lowest BCUT2D eigenvalue weighted by molar-refractivity contribution is 1.36. The average molecular weight is 1280 g/mol. The van der Waals surface area contributed by atoms with Gasteiger partial charge in [0.15, 0.2) is 0 Å². The molecule has 0 N–H and O–H groups in total. The first-order valence-corrected chi connectivity index (χ1v) is 33.3. The molecule has 20 aromatic rings. The smallest absolute Gasteiger partial charge is 0.0970 e. The van der Waals surface area contributed by atoms with E-state index in [1.807, 2.05) is 67.8 Å². The van der Waals surface area contributed by atoms with Gasteiger partial charge in [-0.1, -0.05) is 188 Å². The molecule has 10 aromatic heterocycles. The lowest BCUT2D eigenvalue weighted by Crippen LogP contribution is -1.90. The number of pyridine rings is 10. The first kappa shape index (κ1) is 57.7. The SMILES string of the molecule is c1cc(-c2ccc3ccc(-c4ccc5ccc(-c6ccc(-c7cc8cccnc8c8ncccc78)cc6)nc5c4)cc3n2)c2ccncc2c1.c1cc(-c2ccc3ccc(-c4ccc5ccc(-c6ccc(-c7ccnc8c7ccc7cccnc78)cc6)nc5c4)cc3n2)c2ccncc2c1. The molecule has 0 saturated carbocycles. The van der Waals surface area contributed by atoms with Crippen molar-refractivity contribution < 1.29 is 0 Å². The number of aromatic nitrogens is 10. The molecule has 0 amide bonds. The second-order valence-electron chi connectivity index (χ2n) is 25.2. The number of fused-ring (bicyclic) bond motifs is 12. The number of hydrogen-bond acceptors (Lipinski definition) is 10. The monoisotopic (exact) mass is 1270 g/mol. The molecule has 0 aliphatic carbocycles. The summed E-state index contributed by atoms with van der Waals surface area (Å²) in [6.45, 7) is 0. The van der Waals surface area contributed by atoms with Crippen LogP contribution in [0.5, 0.6) is 0 Å². The second kappa shape index (κ2) is 24.2. The van der Waals surface area contributed by atoms with Gasteiger partial charge in [-0.2, -0.15) is 0 Å².